The van der Waals surface area contributed by atoms with E-state index in [0.29, 0.717) is 11.1 Å². The third-order valence-electron chi connectivity index (χ3n) is 3.24. The second-order valence-corrected chi connectivity index (χ2v) is 5.02. The second-order valence-electron chi connectivity index (χ2n) is 5.02. The molecule has 0 unspecified atom stereocenters. The van der Waals surface area contributed by atoms with Gasteiger partial charge in [-0.1, -0.05) is 12.1 Å². The summed E-state index contributed by atoms with van der Waals surface area (Å²) in [7, 11) is 0. The summed E-state index contributed by atoms with van der Waals surface area (Å²) in [5.74, 6) is -1.32. The van der Waals surface area contributed by atoms with Gasteiger partial charge in [0.05, 0.1) is 11.3 Å². The van der Waals surface area contributed by atoms with Crippen LogP contribution in [0.1, 0.15) is 28.8 Å². The van der Waals surface area contributed by atoms with Crippen LogP contribution in [-0.4, -0.2) is 16.7 Å². The van der Waals surface area contributed by atoms with Crippen LogP contribution in [0.4, 0.5) is 10.1 Å². The van der Waals surface area contributed by atoms with Crippen molar-refractivity contribution in [3.05, 3.63) is 75.6 Å². The van der Waals surface area contributed by atoms with E-state index in [1.54, 1.807) is 6.07 Å². The minimum atomic E-state index is -0.586. The first-order valence-corrected chi connectivity index (χ1v) is 7.13. The van der Waals surface area contributed by atoms with E-state index in [-0.39, 0.29) is 30.9 Å². The molecule has 0 radical (unpaired) electrons. The van der Waals surface area contributed by atoms with E-state index in [4.69, 9.17) is 4.74 Å². The Hall–Kier alpha value is -3.09. The highest BCUT2D eigenvalue weighted by Crippen LogP contribution is 2.14. The Morgan fingerprint density at radius 1 is 1.08 bits per heavy atom. The van der Waals surface area contributed by atoms with E-state index >= 15 is 0 Å². The van der Waals surface area contributed by atoms with Gasteiger partial charge in [0.25, 0.3) is 5.69 Å². The lowest BCUT2D eigenvalue weighted by Gasteiger charge is -2.05. The summed E-state index contributed by atoms with van der Waals surface area (Å²) in [6, 6.07) is 10.8. The molecule has 0 aliphatic heterocycles. The van der Waals surface area contributed by atoms with Crippen LogP contribution in [0.5, 0.6) is 0 Å². The van der Waals surface area contributed by atoms with Gasteiger partial charge in [0.2, 0.25) is 0 Å². The Balaban J connectivity index is 1.81. The number of ether oxygens (including phenoxy) is 1. The van der Waals surface area contributed by atoms with Gasteiger partial charge in [0.1, 0.15) is 12.4 Å². The highest BCUT2D eigenvalue weighted by molar-refractivity contribution is 5.97. The van der Waals surface area contributed by atoms with Crippen LogP contribution in [0, 0.1) is 15.9 Å². The largest absolute Gasteiger partial charge is 0.461 e. The number of carbonyl (C=O) groups is 2. The quantitative estimate of drug-likeness (QED) is 0.336. The van der Waals surface area contributed by atoms with Gasteiger partial charge in [-0.25, -0.2) is 4.39 Å². The number of nitrogens with zero attached hydrogens (tertiary/aromatic N) is 1. The molecule has 2 aromatic carbocycles. The monoisotopic (exact) mass is 331 g/mol. The van der Waals surface area contributed by atoms with E-state index < -0.39 is 16.7 Å². The number of nitro benzene ring substituents is 1. The van der Waals surface area contributed by atoms with Gasteiger partial charge >= 0.3 is 5.97 Å². The fraction of sp³-hybridized carbons (Fsp3) is 0.176. The van der Waals surface area contributed by atoms with Crippen LogP contribution >= 0.6 is 0 Å². The van der Waals surface area contributed by atoms with Crippen LogP contribution in [0.3, 0.4) is 0 Å². The molecule has 0 aliphatic rings. The third kappa shape index (κ3) is 4.98. The average Bonchev–Trinajstić information content (AvgIpc) is 2.58. The van der Waals surface area contributed by atoms with Crippen molar-refractivity contribution < 1.29 is 23.6 Å². The number of esters is 1. The molecule has 0 N–H and O–H groups in total. The van der Waals surface area contributed by atoms with Crippen LogP contribution in [0.25, 0.3) is 0 Å². The topological polar surface area (TPSA) is 86.5 Å². The van der Waals surface area contributed by atoms with Gasteiger partial charge in [-0.05, 0) is 29.8 Å². The molecule has 0 amide bonds. The smallest absolute Gasteiger partial charge is 0.306 e. The van der Waals surface area contributed by atoms with Gasteiger partial charge in [-0.15, -0.1) is 0 Å². The van der Waals surface area contributed by atoms with Crippen molar-refractivity contribution >= 4 is 17.4 Å². The lowest BCUT2D eigenvalue weighted by Crippen LogP contribution is -2.08. The molecule has 0 aromatic heterocycles. The molecule has 7 heteroatoms. The highest BCUT2D eigenvalue weighted by Gasteiger charge is 2.11. The summed E-state index contributed by atoms with van der Waals surface area (Å²) in [5.41, 5.74) is 0.723. The Labute approximate surface area is 137 Å². The molecule has 24 heavy (non-hydrogen) atoms. The zero-order valence-corrected chi connectivity index (χ0v) is 12.6. The molecule has 0 fully saturated rings. The van der Waals surface area contributed by atoms with E-state index in [9.17, 15) is 24.1 Å². The fourth-order valence-electron chi connectivity index (χ4n) is 1.99. The lowest BCUT2D eigenvalue weighted by atomic mass is 10.1. The van der Waals surface area contributed by atoms with Gasteiger partial charge < -0.3 is 4.74 Å². The van der Waals surface area contributed by atoms with E-state index in [1.165, 1.54) is 42.5 Å². The van der Waals surface area contributed by atoms with Gasteiger partial charge in [-0.3, -0.25) is 19.7 Å². The van der Waals surface area contributed by atoms with Gasteiger partial charge in [0, 0.05) is 24.1 Å². The second kappa shape index (κ2) is 7.96. The summed E-state index contributed by atoms with van der Waals surface area (Å²) in [5, 5.41) is 10.7. The molecular weight excluding hydrogens is 317 g/mol. The zero-order valence-electron chi connectivity index (χ0n) is 12.6. The Kier molecular flexibility index (Phi) is 5.73. The molecule has 2 aromatic rings. The number of carbonyl (C=O) groups excluding carboxylic acids is 2. The molecular formula is C17H14FNO5. The van der Waals surface area contributed by atoms with Crippen molar-refractivity contribution in [3.63, 3.8) is 0 Å². The standard InChI is InChI=1S/C17H14FNO5/c18-14-6-4-13(5-7-14)16(20)8-9-17(21)24-11-12-2-1-3-15(10-12)19(22)23/h1-7,10H,8-9,11H2. The summed E-state index contributed by atoms with van der Waals surface area (Å²) in [6.07, 6.45) is -0.176. The highest BCUT2D eigenvalue weighted by atomic mass is 19.1. The number of hydrogen-bond donors (Lipinski definition) is 0. The number of non-ortho nitro benzene ring substituents is 1. The first-order valence-electron chi connectivity index (χ1n) is 7.13. The van der Waals surface area contributed by atoms with E-state index in [0.717, 1.165) is 0 Å². The third-order valence-corrected chi connectivity index (χ3v) is 3.24. The predicted molar refractivity (Wildman–Crippen MR) is 82.9 cm³/mol. The molecule has 0 aliphatic carbocycles. The van der Waals surface area contributed by atoms with Crippen molar-refractivity contribution in [2.75, 3.05) is 0 Å². The summed E-state index contributed by atoms with van der Waals surface area (Å²) in [6.45, 7) is -0.106. The maximum atomic E-state index is 12.8. The van der Waals surface area contributed by atoms with E-state index in [1.807, 2.05) is 0 Å². The van der Waals surface area contributed by atoms with Crippen molar-refractivity contribution in [3.8, 4) is 0 Å². The summed E-state index contributed by atoms with van der Waals surface area (Å²) < 4.78 is 17.8. The molecule has 124 valence electrons. The molecule has 0 spiro atoms. The zero-order chi connectivity index (χ0) is 17.5. The number of hydrogen-bond acceptors (Lipinski definition) is 5. The van der Waals surface area contributed by atoms with Crippen molar-refractivity contribution in [2.24, 2.45) is 0 Å². The summed E-state index contributed by atoms with van der Waals surface area (Å²) in [4.78, 5) is 33.6. The fourth-order valence-corrected chi connectivity index (χ4v) is 1.99. The van der Waals surface area contributed by atoms with Crippen molar-refractivity contribution in [2.45, 2.75) is 19.4 Å². The number of Topliss-reactive ketones (excluding diaryl/α,β-unsaturated/α-hetero) is 1. The Morgan fingerprint density at radius 3 is 2.46 bits per heavy atom. The average molecular weight is 331 g/mol. The van der Waals surface area contributed by atoms with Crippen molar-refractivity contribution in [1.29, 1.82) is 0 Å². The molecule has 0 saturated carbocycles. The Morgan fingerprint density at radius 2 is 1.79 bits per heavy atom. The number of ketones is 1. The minimum Gasteiger partial charge on any atom is -0.461 e. The maximum absolute atomic E-state index is 12.8. The molecule has 0 bridgehead atoms. The van der Waals surface area contributed by atoms with Crippen LogP contribution in [0.2, 0.25) is 0 Å². The Bertz CT molecular complexity index is 758. The van der Waals surface area contributed by atoms with Crippen LogP contribution < -0.4 is 0 Å². The number of halogens is 1. The number of benzene rings is 2. The predicted octanol–water partition coefficient (Wildman–Crippen LogP) is 3.44. The van der Waals surface area contributed by atoms with Crippen molar-refractivity contribution in [1.82, 2.24) is 0 Å². The summed E-state index contributed by atoms with van der Waals surface area (Å²) >= 11 is 0. The number of rotatable bonds is 7. The molecule has 2 rings (SSSR count). The van der Waals surface area contributed by atoms with E-state index in [2.05, 4.69) is 0 Å². The first kappa shape index (κ1) is 17.3. The molecule has 0 heterocycles. The lowest BCUT2D eigenvalue weighted by molar-refractivity contribution is -0.384. The maximum Gasteiger partial charge on any atom is 0.306 e. The van der Waals surface area contributed by atoms with Crippen LogP contribution in [0.15, 0.2) is 48.5 Å². The number of nitro groups is 1. The first-order chi connectivity index (χ1) is 11.5. The molecule has 6 nitrogen and oxygen atoms in total. The normalized spacial score (nSPS) is 10.2. The van der Waals surface area contributed by atoms with Crippen LogP contribution in [-0.2, 0) is 16.1 Å². The molecule has 0 atom stereocenters. The minimum absolute atomic E-state index is 0.0561. The SMILES string of the molecule is O=C(CCC(=O)c1ccc(F)cc1)OCc1cccc([N+](=O)[O-])c1. The van der Waals surface area contributed by atoms with Gasteiger partial charge in [0.15, 0.2) is 5.78 Å². The molecule has 0 saturated heterocycles. The van der Waals surface area contributed by atoms with Gasteiger partial charge in [-0.2, -0.15) is 0 Å².